The SMILES string of the molecule is CC(CCCO)NC(C)c1nccn1C. The Hall–Kier alpha value is -0.870. The van der Waals surface area contributed by atoms with E-state index in [9.17, 15) is 0 Å². The zero-order chi connectivity index (χ0) is 11.3. The van der Waals surface area contributed by atoms with Crippen molar-refractivity contribution < 1.29 is 5.11 Å². The van der Waals surface area contributed by atoms with Gasteiger partial charge in [-0.2, -0.15) is 0 Å². The third-order valence-corrected chi connectivity index (χ3v) is 2.58. The van der Waals surface area contributed by atoms with Crippen LogP contribution in [0.2, 0.25) is 0 Å². The van der Waals surface area contributed by atoms with Crippen molar-refractivity contribution in [2.24, 2.45) is 7.05 Å². The molecular formula is C11H21N3O. The van der Waals surface area contributed by atoms with Crippen LogP contribution < -0.4 is 5.32 Å². The molecule has 0 fully saturated rings. The lowest BCUT2D eigenvalue weighted by Crippen LogP contribution is -2.30. The fraction of sp³-hybridized carbons (Fsp3) is 0.727. The van der Waals surface area contributed by atoms with Crippen LogP contribution in [-0.2, 0) is 7.05 Å². The third-order valence-electron chi connectivity index (χ3n) is 2.58. The molecule has 0 aliphatic rings. The topological polar surface area (TPSA) is 50.1 Å². The van der Waals surface area contributed by atoms with Gasteiger partial charge in [-0.1, -0.05) is 0 Å². The van der Waals surface area contributed by atoms with Gasteiger partial charge in [0.25, 0.3) is 0 Å². The Balaban J connectivity index is 2.42. The summed E-state index contributed by atoms with van der Waals surface area (Å²) in [5, 5.41) is 12.2. The van der Waals surface area contributed by atoms with Crippen molar-refractivity contribution in [2.45, 2.75) is 38.8 Å². The first-order valence-corrected chi connectivity index (χ1v) is 5.49. The molecule has 86 valence electrons. The molecule has 2 N–H and O–H groups in total. The summed E-state index contributed by atoms with van der Waals surface area (Å²) in [6.07, 6.45) is 5.60. The van der Waals surface area contributed by atoms with Crippen molar-refractivity contribution in [3.05, 3.63) is 18.2 Å². The minimum atomic E-state index is 0.249. The minimum absolute atomic E-state index is 0.249. The number of aromatic nitrogens is 2. The van der Waals surface area contributed by atoms with Crippen LogP contribution in [0.1, 0.15) is 38.6 Å². The normalized spacial score (nSPS) is 15.2. The van der Waals surface area contributed by atoms with Gasteiger partial charge in [0, 0.05) is 32.1 Å². The number of hydrogen-bond acceptors (Lipinski definition) is 3. The van der Waals surface area contributed by atoms with Gasteiger partial charge in [-0.05, 0) is 26.7 Å². The molecule has 0 aliphatic carbocycles. The smallest absolute Gasteiger partial charge is 0.125 e. The van der Waals surface area contributed by atoms with E-state index in [0.29, 0.717) is 6.04 Å². The van der Waals surface area contributed by atoms with Crippen molar-refractivity contribution in [2.75, 3.05) is 6.61 Å². The third kappa shape index (κ3) is 3.64. The first kappa shape index (κ1) is 12.2. The highest BCUT2D eigenvalue weighted by atomic mass is 16.2. The molecule has 1 heterocycles. The number of hydrogen-bond donors (Lipinski definition) is 2. The molecule has 15 heavy (non-hydrogen) atoms. The van der Waals surface area contributed by atoms with Crippen molar-refractivity contribution in [1.29, 1.82) is 0 Å². The van der Waals surface area contributed by atoms with Crippen LogP contribution in [0.25, 0.3) is 0 Å². The maximum atomic E-state index is 8.73. The number of aryl methyl sites for hydroxylation is 1. The van der Waals surface area contributed by atoms with Crippen molar-refractivity contribution in [3.63, 3.8) is 0 Å². The highest BCUT2D eigenvalue weighted by molar-refractivity contribution is 4.97. The van der Waals surface area contributed by atoms with Gasteiger partial charge in [-0.25, -0.2) is 4.98 Å². The van der Waals surface area contributed by atoms with E-state index in [2.05, 4.69) is 24.1 Å². The van der Waals surface area contributed by atoms with Gasteiger partial charge in [0.1, 0.15) is 5.82 Å². The Morgan fingerprint density at radius 3 is 2.80 bits per heavy atom. The average molecular weight is 211 g/mol. The van der Waals surface area contributed by atoms with Gasteiger partial charge in [0.2, 0.25) is 0 Å². The zero-order valence-corrected chi connectivity index (χ0v) is 9.77. The maximum absolute atomic E-state index is 8.73. The van der Waals surface area contributed by atoms with E-state index in [1.165, 1.54) is 0 Å². The molecule has 0 radical (unpaired) electrons. The second kappa shape index (κ2) is 5.88. The Morgan fingerprint density at radius 2 is 2.27 bits per heavy atom. The lowest BCUT2D eigenvalue weighted by Gasteiger charge is -2.19. The van der Waals surface area contributed by atoms with E-state index < -0.39 is 0 Å². The summed E-state index contributed by atoms with van der Waals surface area (Å²) in [4.78, 5) is 4.30. The molecule has 0 bridgehead atoms. The molecule has 1 aromatic heterocycles. The van der Waals surface area contributed by atoms with Gasteiger partial charge in [-0.3, -0.25) is 0 Å². The molecule has 0 amide bonds. The van der Waals surface area contributed by atoms with E-state index in [1.807, 2.05) is 24.0 Å². The number of rotatable bonds is 6. The Labute approximate surface area is 91.3 Å². The number of nitrogens with one attached hydrogen (secondary N) is 1. The lowest BCUT2D eigenvalue weighted by molar-refractivity contribution is 0.273. The molecular weight excluding hydrogens is 190 g/mol. The highest BCUT2D eigenvalue weighted by Crippen LogP contribution is 2.10. The van der Waals surface area contributed by atoms with Gasteiger partial charge < -0.3 is 15.0 Å². The fourth-order valence-electron chi connectivity index (χ4n) is 1.78. The van der Waals surface area contributed by atoms with Crippen LogP contribution in [0.15, 0.2) is 12.4 Å². The van der Waals surface area contributed by atoms with Gasteiger partial charge in [-0.15, -0.1) is 0 Å². The largest absolute Gasteiger partial charge is 0.396 e. The van der Waals surface area contributed by atoms with E-state index in [-0.39, 0.29) is 12.6 Å². The van der Waals surface area contributed by atoms with Crippen molar-refractivity contribution >= 4 is 0 Å². The highest BCUT2D eigenvalue weighted by Gasteiger charge is 2.12. The molecule has 1 aromatic rings. The van der Waals surface area contributed by atoms with Crippen LogP contribution in [0.5, 0.6) is 0 Å². The standard InChI is InChI=1S/C11H21N3O/c1-9(5-4-8-15)13-10(2)11-12-6-7-14(11)3/h6-7,9-10,13,15H,4-5,8H2,1-3H3. The zero-order valence-electron chi connectivity index (χ0n) is 9.77. The van der Waals surface area contributed by atoms with Gasteiger partial charge in [0.05, 0.1) is 6.04 Å². The number of aliphatic hydroxyl groups excluding tert-OH is 1. The summed E-state index contributed by atoms with van der Waals surface area (Å²) in [5.74, 6) is 1.05. The number of nitrogens with zero attached hydrogens (tertiary/aromatic N) is 2. The molecule has 0 saturated heterocycles. The van der Waals surface area contributed by atoms with Crippen LogP contribution in [0, 0.1) is 0 Å². The molecule has 1 rings (SSSR count). The van der Waals surface area contributed by atoms with E-state index in [1.54, 1.807) is 0 Å². The second-order valence-electron chi connectivity index (χ2n) is 4.05. The van der Waals surface area contributed by atoms with Gasteiger partial charge >= 0.3 is 0 Å². The van der Waals surface area contributed by atoms with E-state index in [4.69, 9.17) is 5.11 Å². The first-order chi connectivity index (χ1) is 7.15. The quantitative estimate of drug-likeness (QED) is 0.744. The fourth-order valence-corrected chi connectivity index (χ4v) is 1.78. The Bertz CT molecular complexity index is 285. The molecule has 2 unspecified atom stereocenters. The van der Waals surface area contributed by atoms with Gasteiger partial charge in [0.15, 0.2) is 0 Å². The summed E-state index contributed by atoms with van der Waals surface area (Å²) in [6.45, 7) is 4.51. The molecule has 4 nitrogen and oxygen atoms in total. The summed E-state index contributed by atoms with van der Waals surface area (Å²) in [7, 11) is 2.00. The summed E-state index contributed by atoms with van der Waals surface area (Å²) >= 11 is 0. The van der Waals surface area contributed by atoms with Crippen molar-refractivity contribution in [3.8, 4) is 0 Å². The molecule has 0 aromatic carbocycles. The van der Waals surface area contributed by atoms with E-state index in [0.717, 1.165) is 18.7 Å². The molecule has 4 heteroatoms. The predicted octanol–water partition coefficient (Wildman–Crippen LogP) is 1.23. The number of imidazole rings is 1. The molecule has 0 saturated carbocycles. The van der Waals surface area contributed by atoms with Crippen LogP contribution in [0.3, 0.4) is 0 Å². The second-order valence-corrected chi connectivity index (χ2v) is 4.05. The Morgan fingerprint density at radius 1 is 1.53 bits per heavy atom. The summed E-state index contributed by atoms with van der Waals surface area (Å²) < 4.78 is 2.02. The maximum Gasteiger partial charge on any atom is 0.125 e. The predicted molar refractivity (Wildman–Crippen MR) is 60.5 cm³/mol. The summed E-state index contributed by atoms with van der Waals surface area (Å²) in [5.41, 5.74) is 0. The van der Waals surface area contributed by atoms with E-state index >= 15 is 0 Å². The Kier molecular flexibility index (Phi) is 4.78. The molecule has 2 atom stereocenters. The van der Waals surface area contributed by atoms with Crippen LogP contribution >= 0.6 is 0 Å². The first-order valence-electron chi connectivity index (χ1n) is 5.49. The lowest BCUT2D eigenvalue weighted by atomic mass is 10.1. The minimum Gasteiger partial charge on any atom is -0.396 e. The molecule has 0 aliphatic heterocycles. The van der Waals surface area contributed by atoms with Crippen LogP contribution in [0.4, 0.5) is 0 Å². The average Bonchev–Trinajstić information content (AvgIpc) is 2.61. The van der Waals surface area contributed by atoms with Crippen LogP contribution in [-0.4, -0.2) is 27.3 Å². The molecule has 0 spiro atoms. The summed E-state index contributed by atoms with van der Waals surface area (Å²) in [6, 6.07) is 0.655. The monoisotopic (exact) mass is 211 g/mol. The number of aliphatic hydroxyl groups is 1. The van der Waals surface area contributed by atoms with Crippen molar-refractivity contribution in [1.82, 2.24) is 14.9 Å².